The van der Waals surface area contributed by atoms with Gasteiger partial charge in [-0.3, -0.25) is 0 Å². The minimum Gasteiger partial charge on any atom is -0.496 e. The smallest absolute Gasteiger partial charge is 0.173 e. The van der Waals surface area contributed by atoms with Gasteiger partial charge < -0.3 is 14.5 Å². The molecule has 0 bridgehead atoms. The summed E-state index contributed by atoms with van der Waals surface area (Å²) in [4.78, 5) is 0. The Morgan fingerprint density at radius 2 is 2.10 bits per heavy atom. The zero-order valence-electron chi connectivity index (χ0n) is 11.5. The minimum atomic E-state index is 0.216. The van der Waals surface area contributed by atoms with E-state index in [2.05, 4.69) is 56.2 Å². The normalized spacial score (nSPS) is 12.4. The van der Waals surface area contributed by atoms with Crippen LogP contribution in [-0.2, 0) is 6.42 Å². The van der Waals surface area contributed by atoms with Gasteiger partial charge in [0.1, 0.15) is 5.75 Å². The van der Waals surface area contributed by atoms with Crippen LogP contribution in [0.3, 0.4) is 0 Å². The molecular formula is C15H17Br2NO2. The molecule has 0 spiro atoms. The largest absolute Gasteiger partial charge is 0.496 e. The lowest BCUT2D eigenvalue weighted by Crippen LogP contribution is -2.22. The fraction of sp³-hybridized carbons (Fsp3) is 0.333. The zero-order chi connectivity index (χ0) is 14.5. The molecule has 2 aromatic rings. The molecule has 0 saturated carbocycles. The Balaban J connectivity index is 2.20. The molecule has 0 aliphatic carbocycles. The molecule has 5 heteroatoms. The van der Waals surface area contributed by atoms with Gasteiger partial charge in [-0.05, 0) is 68.6 Å². The highest BCUT2D eigenvalue weighted by Crippen LogP contribution is 2.30. The van der Waals surface area contributed by atoms with Gasteiger partial charge in [-0.15, -0.1) is 0 Å². The Morgan fingerprint density at radius 3 is 2.65 bits per heavy atom. The van der Waals surface area contributed by atoms with Crippen molar-refractivity contribution in [1.82, 2.24) is 5.32 Å². The van der Waals surface area contributed by atoms with Gasteiger partial charge >= 0.3 is 0 Å². The number of hydrogen-bond donors (Lipinski definition) is 1. The number of furan rings is 1. The third-order valence-corrected chi connectivity index (χ3v) is 4.39. The Bertz CT molecular complexity index is 569. The summed E-state index contributed by atoms with van der Waals surface area (Å²) < 4.78 is 12.4. The Morgan fingerprint density at radius 1 is 1.30 bits per heavy atom. The SMILES string of the molecule is CCNC(Cc1ccc(OC)c(Br)c1)c1ccoc1Br. The van der Waals surface area contributed by atoms with E-state index >= 15 is 0 Å². The molecule has 1 aromatic carbocycles. The molecule has 0 fully saturated rings. The Hall–Kier alpha value is -0.780. The van der Waals surface area contributed by atoms with Gasteiger partial charge in [-0.25, -0.2) is 0 Å². The van der Waals surface area contributed by atoms with Crippen molar-refractivity contribution in [1.29, 1.82) is 0 Å². The number of hydrogen-bond acceptors (Lipinski definition) is 3. The van der Waals surface area contributed by atoms with Crippen LogP contribution in [0.5, 0.6) is 5.75 Å². The van der Waals surface area contributed by atoms with E-state index in [0.29, 0.717) is 0 Å². The molecule has 1 heterocycles. The van der Waals surface area contributed by atoms with Crippen molar-refractivity contribution >= 4 is 31.9 Å². The van der Waals surface area contributed by atoms with Gasteiger partial charge in [-0.2, -0.15) is 0 Å². The summed E-state index contributed by atoms with van der Waals surface area (Å²) in [5.74, 6) is 0.846. The molecule has 1 N–H and O–H groups in total. The molecule has 3 nitrogen and oxygen atoms in total. The van der Waals surface area contributed by atoms with Crippen LogP contribution < -0.4 is 10.1 Å². The first kappa shape index (κ1) is 15.6. The average molecular weight is 403 g/mol. The molecule has 0 aliphatic rings. The average Bonchev–Trinajstić information content (AvgIpc) is 2.85. The van der Waals surface area contributed by atoms with E-state index in [1.54, 1.807) is 13.4 Å². The van der Waals surface area contributed by atoms with E-state index in [-0.39, 0.29) is 6.04 Å². The van der Waals surface area contributed by atoms with Crippen molar-refractivity contribution in [3.05, 3.63) is 50.8 Å². The number of methoxy groups -OCH3 is 1. The molecular weight excluding hydrogens is 386 g/mol. The number of halogens is 2. The van der Waals surface area contributed by atoms with Gasteiger partial charge in [0.2, 0.25) is 0 Å². The summed E-state index contributed by atoms with van der Waals surface area (Å²) in [5, 5.41) is 3.49. The van der Waals surface area contributed by atoms with Crippen LogP contribution >= 0.6 is 31.9 Å². The maximum absolute atomic E-state index is 5.34. The predicted octanol–water partition coefficient (Wildman–Crippen LogP) is 4.71. The Labute approximate surface area is 136 Å². The van der Waals surface area contributed by atoms with Crippen LogP contribution in [0.4, 0.5) is 0 Å². The van der Waals surface area contributed by atoms with Crippen LogP contribution in [-0.4, -0.2) is 13.7 Å². The van der Waals surface area contributed by atoms with Gasteiger partial charge in [-0.1, -0.05) is 13.0 Å². The Kier molecular flexibility index (Phi) is 5.69. The molecule has 20 heavy (non-hydrogen) atoms. The summed E-state index contributed by atoms with van der Waals surface area (Å²) >= 11 is 6.98. The van der Waals surface area contributed by atoms with E-state index in [9.17, 15) is 0 Å². The lowest BCUT2D eigenvalue weighted by Gasteiger charge is -2.17. The molecule has 108 valence electrons. The van der Waals surface area contributed by atoms with Crippen LogP contribution in [0.15, 0.2) is 44.1 Å². The first-order valence-electron chi connectivity index (χ1n) is 6.44. The second kappa shape index (κ2) is 7.29. The third-order valence-electron chi connectivity index (χ3n) is 3.13. The highest BCUT2D eigenvalue weighted by Gasteiger charge is 2.17. The molecule has 0 amide bonds. The van der Waals surface area contributed by atoms with Crippen molar-refractivity contribution < 1.29 is 9.15 Å². The second-order valence-corrected chi connectivity index (χ2v) is 6.01. The van der Waals surface area contributed by atoms with Crippen LogP contribution in [0.2, 0.25) is 0 Å². The van der Waals surface area contributed by atoms with E-state index in [4.69, 9.17) is 9.15 Å². The van der Waals surface area contributed by atoms with Crippen molar-refractivity contribution in [2.45, 2.75) is 19.4 Å². The first-order valence-corrected chi connectivity index (χ1v) is 8.03. The van der Waals surface area contributed by atoms with Crippen molar-refractivity contribution in [2.75, 3.05) is 13.7 Å². The molecule has 0 radical (unpaired) electrons. The van der Waals surface area contributed by atoms with Crippen molar-refractivity contribution in [3.63, 3.8) is 0 Å². The quantitative estimate of drug-likeness (QED) is 0.759. The highest BCUT2D eigenvalue weighted by atomic mass is 79.9. The fourth-order valence-electron chi connectivity index (χ4n) is 2.16. The maximum Gasteiger partial charge on any atom is 0.173 e. The van der Waals surface area contributed by atoms with Gasteiger partial charge in [0.25, 0.3) is 0 Å². The third kappa shape index (κ3) is 3.65. The molecule has 2 rings (SSSR count). The number of benzene rings is 1. The summed E-state index contributed by atoms with van der Waals surface area (Å²) in [7, 11) is 1.67. The molecule has 1 atom stereocenters. The summed E-state index contributed by atoms with van der Waals surface area (Å²) in [6, 6.07) is 8.37. The van der Waals surface area contributed by atoms with Crippen LogP contribution in [0.1, 0.15) is 24.1 Å². The molecule has 1 unspecified atom stereocenters. The topological polar surface area (TPSA) is 34.4 Å². The fourth-order valence-corrected chi connectivity index (χ4v) is 3.27. The van der Waals surface area contributed by atoms with E-state index < -0.39 is 0 Å². The van der Waals surface area contributed by atoms with Crippen molar-refractivity contribution in [2.24, 2.45) is 0 Å². The molecule has 0 aliphatic heterocycles. The first-order chi connectivity index (χ1) is 9.65. The summed E-state index contributed by atoms with van der Waals surface area (Å²) in [6.07, 6.45) is 2.59. The monoisotopic (exact) mass is 401 g/mol. The standard InChI is InChI=1S/C15H17Br2NO2/c1-3-18-13(11-6-7-20-15(11)17)9-10-4-5-14(19-2)12(16)8-10/h4-8,13,18H,3,9H2,1-2H3. The van der Waals surface area contributed by atoms with Crippen LogP contribution in [0.25, 0.3) is 0 Å². The highest BCUT2D eigenvalue weighted by molar-refractivity contribution is 9.10. The summed E-state index contributed by atoms with van der Waals surface area (Å²) in [5.41, 5.74) is 2.37. The van der Waals surface area contributed by atoms with Gasteiger partial charge in [0.15, 0.2) is 4.67 Å². The van der Waals surface area contributed by atoms with Gasteiger partial charge in [0, 0.05) is 11.6 Å². The molecule has 1 aromatic heterocycles. The van der Waals surface area contributed by atoms with Crippen LogP contribution in [0, 0.1) is 0 Å². The van der Waals surface area contributed by atoms with E-state index in [1.807, 2.05) is 12.1 Å². The number of likely N-dealkylation sites (N-methyl/N-ethyl adjacent to an activating group) is 1. The minimum absolute atomic E-state index is 0.216. The predicted molar refractivity (Wildman–Crippen MR) is 87.2 cm³/mol. The molecule has 0 saturated heterocycles. The summed E-state index contributed by atoms with van der Waals surface area (Å²) in [6.45, 7) is 3.00. The van der Waals surface area contributed by atoms with Crippen molar-refractivity contribution in [3.8, 4) is 5.75 Å². The van der Waals surface area contributed by atoms with E-state index in [0.717, 1.165) is 33.4 Å². The number of nitrogens with one attached hydrogen (secondary N) is 1. The number of rotatable bonds is 6. The van der Waals surface area contributed by atoms with Gasteiger partial charge in [0.05, 0.1) is 17.8 Å². The number of ether oxygens (including phenoxy) is 1. The second-order valence-electron chi connectivity index (χ2n) is 4.43. The van der Waals surface area contributed by atoms with E-state index in [1.165, 1.54) is 5.56 Å². The zero-order valence-corrected chi connectivity index (χ0v) is 14.6. The maximum atomic E-state index is 5.34. The lowest BCUT2D eigenvalue weighted by atomic mass is 10.0. The lowest BCUT2D eigenvalue weighted by molar-refractivity contribution is 0.412.